The molecular formula is C53H58ClF5N12O6. The first-order valence-electron chi connectivity index (χ1n) is 24.3. The third-order valence-electron chi connectivity index (χ3n) is 12.4. The van der Waals surface area contributed by atoms with Gasteiger partial charge in [-0.1, -0.05) is 38.4 Å². The molecule has 0 spiro atoms. The number of pyridine rings is 4. The summed E-state index contributed by atoms with van der Waals surface area (Å²) in [4.78, 5) is 55.0. The Bertz CT molecular complexity index is 3500. The molecule has 77 heavy (non-hydrogen) atoms. The lowest BCUT2D eigenvalue weighted by atomic mass is 9.86. The molecule has 2 fully saturated rings. The Labute approximate surface area is 444 Å². The maximum atomic E-state index is 15.4. The van der Waals surface area contributed by atoms with Gasteiger partial charge in [0.2, 0.25) is 0 Å². The Hall–Kier alpha value is -7.34. The highest BCUT2D eigenvalue weighted by atomic mass is 35.5. The van der Waals surface area contributed by atoms with Crippen molar-refractivity contribution in [3.63, 3.8) is 0 Å². The fraction of sp³-hybridized carbons (Fsp3) is 0.396. The first-order valence-corrected chi connectivity index (χ1v) is 24.7. The van der Waals surface area contributed by atoms with Crippen LogP contribution in [0.4, 0.5) is 45.0 Å². The van der Waals surface area contributed by atoms with Crippen LogP contribution in [0.15, 0.2) is 99.8 Å². The summed E-state index contributed by atoms with van der Waals surface area (Å²) in [5.41, 5.74) is -1.13. The molecule has 0 atom stereocenters. The number of ether oxygens (including phenoxy) is 2. The number of fused-ring (bicyclic) bond motifs is 1. The largest absolute Gasteiger partial charge is 0.485 e. The molecule has 0 radical (unpaired) electrons. The van der Waals surface area contributed by atoms with Crippen LogP contribution in [0.3, 0.4) is 0 Å². The van der Waals surface area contributed by atoms with Crippen LogP contribution in [0, 0.1) is 5.82 Å². The molecule has 3 N–H and O–H groups in total. The van der Waals surface area contributed by atoms with Gasteiger partial charge in [-0.3, -0.25) is 28.8 Å². The fourth-order valence-corrected chi connectivity index (χ4v) is 9.25. The fourth-order valence-electron chi connectivity index (χ4n) is 9.03. The van der Waals surface area contributed by atoms with Crippen molar-refractivity contribution >= 4 is 45.4 Å². The Morgan fingerprint density at radius 1 is 0.688 bits per heavy atom. The number of likely N-dealkylation sites (tertiary alicyclic amines) is 2. The van der Waals surface area contributed by atoms with Gasteiger partial charge in [0.25, 0.3) is 28.5 Å². The second-order valence-electron chi connectivity index (χ2n) is 21.4. The van der Waals surface area contributed by atoms with Gasteiger partial charge < -0.3 is 25.2 Å². The van der Waals surface area contributed by atoms with E-state index in [0.717, 1.165) is 14.9 Å². The maximum absolute atomic E-state index is 15.4. The summed E-state index contributed by atoms with van der Waals surface area (Å²) < 4.78 is 83.1. The number of aliphatic hydroxyl groups is 1. The molecule has 0 bridgehead atoms. The van der Waals surface area contributed by atoms with Gasteiger partial charge in [0.1, 0.15) is 57.3 Å². The summed E-state index contributed by atoms with van der Waals surface area (Å²) in [7, 11) is 2.97. The summed E-state index contributed by atoms with van der Waals surface area (Å²) >= 11 is 5.86. The Kier molecular flexibility index (Phi) is 15.4. The summed E-state index contributed by atoms with van der Waals surface area (Å²) in [6, 6.07) is 15.9. The van der Waals surface area contributed by atoms with E-state index in [1.165, 1.54) is 61.6 Å². The molecule has 2 aliphatic rings. The second-order valence-corrected chi connectivity index (χ2v) is 21.8. The molecule has 0 amide bonds. The van der Waals surface area contributed by atoms with Crippen LogP contribution in [0.25, 0.3) is 27.8 Å². The highest BCUT2D eigenvalue weighted by Gasteiger charge is 2.46. The van der Waals surface area contributed by atoms with E-state index < -0.39 is 46.6 Å². The van der Waals surface area contributed by atoms with Gasteiger partial charge in [-0.15, -0.1) is 0 Å². The van der Waals surface area contributed by atoms with E-state index in [2.05, 4.69) is 35.8 Å². The number of halogens is 6. The van der Waals surface area contributed by atoms with Crippen LogP contribution >= 0.6 is 11.6 Å². The lowest BCUT2D eigenvalue weighted by Gasteiger charge is -2.42. The summed E-state index contributed by atoms with van der Waals surface area (Å²) in [6.45, 7) is 12.2. The number of anilines is 4. The number of aromatic nitrogens is 8. The van der Waals surface area contributed by atoms with Crippen molar-refractivity contribution in [2.75, 3.05) is 49.9 Å². The minimum Gasteiger partial charge on any atom is -0.485 e. The number of alkyl halides is 4. The zero-order chi connectivity index (χ0) is 56.0. The predicted octanol–water partition coefficient (Wildman–Crippen LogP) is 8.00. The Morgan fingerprint density at radius 3 is 1.69 bits per heavy atom. The van der Waals surface area contributed by atoms with Crippen LogP contribution in [0.5, 0.6) is 11.5 Å². The molecule has 24 heteroatoms. The highest BCUT2D eigenvalue weighted by molar-refractivity contribution is 6.29. The highest BCUT2D eigenvalue weighted by Crippen LogP contribution is 2.33. The molecule has 6 aromatic heterocycles. The van der Waals surface area contributed by atoms with E-state index >= 15 is 4.39 Å². The number of hydrogen-bond donors (Lipinski definition) is 3. The summed E-state index contributed by atoms with van der Waals surface area (Å²) in [5.74, 6) is -4.15. The topological polar surface area (TPSA) is 200 Å². The van der Waals surface area contributed by atoms with Crippen LogP contribution in [0.2, 0.25) is 5.15 Å². The SMILES string of the molecule is Cn1nc(-c2ccnc(-n3ccc4cc(C(C)(C)C)cc(F)c4c3=O)c2CO)cc(Nc2ccc(OC(C)(C)CN3CC(F)(F)C3)cn2)c1=O.Cn1nc(Cl)cc(Nc2ccc(OC(C)(C)CN3CC(F)(F)C3)cn2)c1=O. The number of benzene rings is 1. The quantitative estimate of drug-likeness (QED) is 0.0834. The molecule has 8 heterocycles. The average molecular weight is 1090 g/mol. The zero-order valence-corrected chi connectivity index (χ0v) is 44.5. The first kappa shape index (κ1) is 55.9. The van der Waals surface area contributed by atoms with Crippen LogP contribution in [-0.4, -0.2) is 116 Å². The number of rotatable bonds is 15. The van der Waals surface area contributed by atoms with Gasteiger partial charge >= 0.3 is 0 Å². The van der Waals surface area contributed by atoms with Gasteiger partial charge in [0.05, 0.1) is 56.3 Å². The maximum Gasteiger partial charge on any atom is 0.290 e. The lowest BCUT2D eigenvalue weighted by Crippen LogP contribution is -2.60. The molecule has 1 aromatic carbocycles. The minimum absolute atomic E-state index is 0.0874. The van der Waals surface area contributed by atoms with E-state index in [1.807, 2.05) is 34.6 Å². The molecule has 9 rings (SSSR count). The van der Waals surface area contributed by atoms with Crippen molar-refractivity contribution in [1.82, 2.24) is 48.9 Å². The van der Waals surface area contributed by atoms with Gasteiger partial charge in [0.15, 0.2) is 5.15 Å². The average Bonchev–Trinajstić information content (AvgIpc) is 3.33. The number of nitrogens with one attached hydrogen (secondary N) is 2. The van der Waals surface area contributed by atoms with Gasteiger partial charge in [-0.25, -0.2) is 46.3 Å². The van der Waals surface area contributed by atoms with E-state index in [0.29, 0.717) is 47.2 Å². The van der Waals surface area contributed by atoms with E-state index in [4.69, 9.17) is 21.1 Å². The third kappa shape index (κ3) is 13.3. The standard InChI is InChI=1S/C36H38F3N7O4.C17H20ClF2N5O2/c1-34(2,3)22-13-21-10-12-46(33(49)30(21)26(37)14-22)31-25(17-47)24(9-11-40-31)27-15-28(32(48)44(6)43-27)42-29-8-7-23(16-41-29)50-35(4,5)18-45-19-36(38,39)20-45;1-16(2,8-25-9-17(19,20)10-25)27-11-4-5-14(21-7-11)22-12-6-13(18)23-24(3)15(12)26/h7-16,47H,17-20H2,1-6H3,(H,41,42);4-7H,8-10H2,1-3H3,(H,21,22). The first-order chi connectivity index (χ1) is 36.0. The van der Waals surface area contributed by atoms with Gasteiger partial charge in [0, 0.05) is 56.8 Å². The number of aryl methyl sites for hydroxylation is 2. The number of aliphatic hydroxyl groups excluding tert-OH is 1. The number of hydrogen-bond acceptors (Lipinski definition) is 15. The predicted molar refractivity (Wildman–Crippen MR) is 282 cm³/mol. The summed E-state index contributed by atoms with van der Waals surface area (Å²) in [6.07, 6.45) is 5.90. The number of nitrogens with zero attached hydrogens (tertiary/aromatic N) is 10. The summed E-state index contributed by atoms with van der Waals surface area (Å²) in [5, 5.41) is 25.2. The molecule has 0 aliphatic carbocycles. The van der Waals surface area contributed by atoms with Crippen molar-refractivity contribution in [2.24, 2.45) is 14.1 Å². The van der Waals surface area contributed by atoms with Crippen molar-refractivity contribution in [2.45, 2.75) is 83.5 Å². The molecular weight excluding hydrogens is 1030 g/mol. The Morgan fingerprint density at radius 2 is 1.21 bits per heavy atom. The zero-order valence-electron chi connectivity index (χ0n) is 43.8. The monoisotopic (exact) mass is 1090 g/mol. The van der Waals surface area contributed by atoms with E-state index in [9.17, 15) is 37.1 Å². The van der Waals surface area contributed by atoms with Crippen molar-refractivity contribution in [3.05, 3.63) is 139 Å². The van der Waals surface area contributed by atoms with E-state index in [-0.39, 0.29) is 76.1 Å². The molecule has 7 aromatic rings. The molecule has 2 saturated heterocycles. The third-order valence-corrected chi connectivity index (χ3v) is 12.6. The molecule has 0 unspecified atom stereocenters. The second kappa shape index (κ2) is 21.2. The van der Waals surface area contributed by atoms with Crippen molar-refractivity contribution in [3.8, 4) is 28.6 Å². The molecule has 408 valence electrons. The minimum atomic E-state index is -2.66. The van der Waals surface area contributed by atoms with Crippen LogP contribution in [-0.2, 0) is 26.1 Å². The van der Waals surface area contributed by atoms with Crippen LogP contribution < -0.4 is 36.8 Å². The van der Waals surface area contributed by atoms with E-state index in [1.54, 1.807) is 66.1 Å². The van der Waals surface area contributed by atoms with Gasteiger partial charge in [-0.2, -0.15) is 10.2 Å². The Balaban J connectivity index is 0.000000244. The molecule has 2 aliphatic heterocycles. The normalized spacial score (nSPS) is 15.5. The van der Waals surface area contributed by atoms with Crippen LogP contribution in [0.1, 0.15) is 59.6 Å². The van der Waals surface area contributed by atoms with Crippen molar-refractivity contribution in [1.29, 1.82) is 0 Å². The molecule has 18 nitrogen and oxygen atoms in total. The molecule has 0 saturated carbocycles. The smallest absolute Gasteiger partial charge is 0.290 e. The van der Waals surface area contributed by atoms with Gasteiger partial charge in [-0.05, 0) is 92.6 Å². The van der Waals surface area contributed by atoms with Crippen molar-refractivity contribution < 1.29 is 36.5 Å². The lowest BCUT2D eigenvalue weighted by molar-refractivity contribution is -0.144.